The highest BCUT2D eigenvalue weighted by Gasteiger charge is 2.47. The third kappa shape index (κ3) is 10.7. The molecule has 2 saturated carbocycles. The van der Waals surface area contributed by atoms with Crippen molar-refractivity contribution in [2.24, 2.45) is 11.3 Å². The molecule has 5 atom stereocenters. The number of hydrogen-bond donors (Lipinski definition) is 0. The molecule has 0 aromatic rings. The highest BCUT2D eigenvalue weighted by molar-refractivity contribution is 6.74. The molecule has 3 rings (SSSR count). The highest BCUT2D eigenvalue weighted by Crippen LogP contribution is 2.56. The minimum absolute atomic E-state index is 0.0103. The minimum Gasteiger partial charge on any atom is -0.458 e. The summed E-state index contributed by atoms with van der Waals surface area (Å²) in [6.45, 7) is 38.7. The Morgan fingerprint density at radius 1 is 1.00 bits per heavy atom. The second-order valence-corrected chi connectivity index (χ2v) is 29.1. The van der Waals surface area contributed by atoms with Crippen molar-refractivity contribution in [2.75, 3.05) is 6.61 Å². The van der Waals surface area contributed by atoms with Gasteiger partial charge < -0.3 is 18.3 Å². The van der Waals surface area contributed by atoms with Gasteiger partial charge in [-0.25, -0.2) is 4.79 Å². The van der Waals surface area contributed by atoms with E-state index >= 15 is 0 Å². The fourth-order valence-corrected chi connectivity index (χ4v) is 10.4. The third-order valence-electron chi connectivity index (χ3n) is 13.0. The van der Waals surface area contributed by atoms with Crippen molar-refractivity contribution < 1.29 is 23.1 Å². The Morgan fingerprint density at radius 2 is 1.62 bits per heavy atom. The quantitative estimate of drug-likeness (QED) is 0.0771. The lowest BCUT2D eigenvalue weighted by Gasteiger charge is -2.45. The molecule has 0 heterocycles. The minimum atomic E-state index is -2.02. The summed E-state index contributed by atoms with van der Waals surface area (Å²) in [5.41, 5.74) is 4.83. The number of hydrogen-bond acceptors (Lipinski definition) is 5. The van der Waals surface area contributed by atoms with Crippen molar-refractivity contribution in [3.63, 3.8) is 0 Å². The van der Waals surface area contributed by atoms with Gasteiger partial charge in [-0.3, -0.25) is 0 Å². The average Bonchev–Trinajstić information content (AvgIpc) is 3.32. The number of esters is 1. The fourth-order valence-electron chi connectivity index (χ4n) is 7.72. The maximum atomic E-state index is 12.8. The summed E-state index contributed by atoms with van der Waals surface area (Å²) in [6.07, 6.45) is 17.6. The highest BCUT2D eigenvalue weighted by atomic mass is 28.4. The lowest BCUT2D eigenvalue weighted by molar-refractivity contribution is -0.163. The molecule has 0 aliphatic heterocycles. The van der Waals surface area contributed by atoms with E-state index in [0.717, 1.165) is 69.8 Å². The van der Waals surface area contributed by atoms with E-state index in [1.165, 1.54) is 16.7 Å². The van der Waals surface area contributed by atoms with Crippen molar-refractivity contribution in [3.05, 3.63) is 47.1 Å². The Balaban J connectivity index is 1.78. The van der Waals surface area contributed by atoms with Crippen molar-refractivity contribution in [1.82, 2.24) is 0 Å². The molecule has 5 nitrogen and oxygen atoms in total. The van der Waals surface area contributed by atoms with Gasteiger partial charge in [-0.1, -0.05) is 98.6 Å². The molecule has 0 spiro atoms. The lowest BCUT2D eigenvalue weighted by Crippen LogP contribution is -2.49. The van der Waals surface area contributed by atoms with Crippen LogP contribution in [0.4, 0.5) is 0 Å². The van der Waals surface area contributed by atoms with Crippen LogP contribution in [-0.4, -0.2) is 53.1 Å². The van der Waals surface area contributed by atoms with Crippen molar-refractivity contribution >= 4 is 22.6 Å². The molecule has 0 aromatic carbocycles. The van der Waals surface area contributed by atoms with Gasteiger partial charge in [0.05, 0.1) is 18.3 Å². The summed E-state index contributed by atoms with van der Waals surface area (Å²) in [7, 11) is -3.99. The van der Waals surface area contributed by atoms with E-state index in [1.54, 1.807) is 0 Å². The first-order chi connectivity index (χ1) is 22.8. The Hall–Kier alpha value is -1.26. The van der Waals surface area contributed by atoms with Crippen LogP contribution in [0.3, 0.4) is 0 Å². The third-order valence-corrected chi connectivity index (χ3v) is 22.0. The van der Waals surface area contributed by atoms with Gasteiger partial charge >= 0.3 is 5.97 Å². The Morgan fingerprint density at radius 3 is 2.22 bits per heavy atom. The van der Waals surface area contributed by atoms with E-state index in [-0.39, 0.29) is 46.4 Å². The Kier molecular flexibility index (Phi) is 14.2. The first kappa shape index (κ1) is 43.2. The van der Waals surface area contributed by atoms with Crippen LogP contribution in [0.1, 0.15) is 140 Å². The molecular weight excluding hydrogens is 653 g/mol. The summed E-state index contributed by atoms with van der Waals surface area (Å²) < 4.78 is 26.2. The van der Waals surface area contributed by atoms with Crippen LogP contribution in [0.15, 0.2) is 47.1 Å². The SMILES string of the molecule is C=C1/C(=C\C=C2/CCC[C@]3(C)C(C(C)OCC(=O)OC(C)(C)CCCCC)=CC[C@@H]23)C[C@@H](O[Si](C)(C)C(C)(C)C)C[C@@H]1O[Si](C)(C)C(C)(C)C. The number of carbonyl (C=O) groups is 1. The van der Waals surface area contributed by atoms with Gasteiger partial charge in [0.2, 0.25) is 0 Å². The summed E-state index contributed by atoms with van der Waals surface area (Å²) in [5, 5.41) is 0.271. The number of unbranched alkanes of at least 4 members (excludes halogenated alkanes) is 2. The van der Waals surface area contributed by atoms with Gasteiger partial charge in [0, 0.05) is 6.42 Å². The molecule has 7 heteroatoms. The first-order valence-corrected chi connectivity index (χ1v) is 25.6. The molecule has 3 aliphatic rings. The summed E-state index contributed by atoms with van der Waals surface area (Å²) in [4.78, 5) is 12.8. The van der Waals surface area contributed by atoms with Crippen molar-refractivity contribution in [1.29, 1.82) is 0 Å². The van der Waals surface area contributed by atoms with Gasteiger partial charge in [-0.15, -0.1) is 0 Å². The van der Waals surface area contributed by atoms with Crippen molar-refractivity contribution in [2.45, 2.75) is 201 Å². The maximum absolute atomic E-state index is 12.8. The molecule has 0 N–H and O–H groups in total. The number of ether oxygens (including phenoxy) is 2. The normalized spacial score (nSPS) is 27.8. The van der Waals surface area contributed by atoms with Crippen LogP contribution in [0.5, 0.6) is 0 Å². The lowest BCUT2D eigenvalue weighted by atomic mass is 9.63. The smallest absolute Gasteiger partial charge is 0.332 e. The molecular formula is C43H76O5Si2. The van der Waals surface area contributed by atoms with Gasteiger partial charge in [0.15, 0.2) is 16.6 Å². The van der Waals surface area contributed by atoms with Crippen LogP contribution in [0, 0.1) is 11.3 Å². The zero-order chi connectivity index (χ0) is 37.9. The average molecular weight is 729 g/mol. The molecule has 0 radical (unpaired) electrons. The molecule has 0 amide bonds. The van der Waals surface area contributed by atoms with E-state index in [9.17, 15) is 4.79 Å². The Labute approximate surface area is 310 Å². The monoisotopic (exact) mass is 729 g/mol. The molecule has 0 saturated heterocycles. The Bertz CT molecular complexity index is 1290. The molecule has 1 unspecified atom stereocenters. The van der Waals surface area contributed by atoms with Gasteiger partial charge in [0.25, 0.3) is 0 Å². The number of rotatable bonds is 14. The van der Waals surface area contributed by atoms with Crippen LogP contribution < -0.4 is 0 Å². The first-order valence-electron chi connectivity index (χ1n) is 19.8. The molecule has 0 bridgehead atoms. The standard InChI is InChI=1S/C43H76O5Si2/c1-17-18-19-26-42(10,11)46-39(44)30-45-32(3)36-24-25-37-33(21-20-27-43(36,37)12)22-23-34-28-35(47-49(13,14)40(4,5)6)29-38(31(34)2)48-50(15,16)41(7,8)9/h22-24,32,35,37-38H,2,17-21,25-30H2,1,3-16H3/b33-22+,34-23-/t32?,35-,37+,38+,43-/m1/s1. The van der Waals surface area contributed by atoms with E-state index < -0.39 is 22.2 Å². The fraction of sp³-hybridized carbons (Fsp3) is 0.791. The van der Waals surface area contributed by atoms with Crippen LogP contribution >= 0.6 is 0 Å². The van der Waals surface area contributed by atoms with Crippen molar-refractivity contribution in [3.8, 4) is 0 Å². The van der Waals surface area contributed by atoms with Crippen LogP contribution in [0.25, 0.3) is 0 Å². The maximum Gasteiger partial charge on any atom is 0.332 e. The van der Waals surface area contributed by atoms with Gasteiger partial charge in [-0.2, -0.15) is 0 Å². The molecule has 3 aliphatic carbocycles. The van der Waals surface area contributed by atoms with E-state index in [2.05, 4.69) is 113 Å². The molecule has 50 heavy (non-hydrogen) atoms. The van der Waals surface area contributed by atoms with E-state index in [4.69, 9.17) is 18.3 Å². The zero-order valence-electron chi connectivity index (χ0n) is 35.1. The summed E-state index contributed by atoms with van der Waals surface area (Å²) in [5.74, 6) is 0.169. The van der Waals surface area contributed by atoms with Crippen LogP contribution in [0.2, 0.25) is 36.3 Å². The number of allylic oxidation sites excluding steroid dienone is 4. The van der Waals surface area contributed by atoms with Gasteiger partial charge in [0.1, 0.15) is 12.2 Å². The molecule has 286 valence electrons. The topological polar surface area (TPSA) is 54.0 Å². The summed E-state index contributed by atoms with van der Waals surface area (Å²) in [6, 6.07) is 0. The van der Waals surface area contributed by atoms with E-state index in [0.29, 0.717) is 5.92 Å². The predicted octanol–water partition coefficient (Wildman–Crippen LogP) is 12.4. The predicted molar refractivity (Wildman–Crippen MR) is 217 cm³/mol. The number of carbonyl (C=O) groups excluding carboxylic acids is 1. The molecule has 2 fully saturated rings. The summed E-state index contributed by atoms with van der Waals surface area (Å²) >= 11 is 0. The number of fused-ring (bicyclic) bond motifs is 1. The second-order valence-electron chi connectivity index (χ2n) is 19.6. The van der Waals surface area contributed by atoms with Gasteiger partial charge in [-0.05, 0) is 130 Å². The van der Waals surface area contributed by atoms with Crippen LogP contribution in [-0.2, 0) is 23.1 Å². The second kappa shape index (κ2) is 16.4. The molecule has 0 aromatic heterocycles. The zero-order valence-corrected chi connectivity index (χ0v) is 37.1. The largest absolute Gasteiger partial charge is 0.458 e. The van der Waals surface area contributed by atoms with E-state index in [1.807, 2.05) is 13.8 Å².